The second-order valence-electron chi connectivity index (χ2n) is 4.51. The fourth-order valence-corrected chi connectivity index (χ4v) is 2.47. The lowest BCUT2D eigenvalue weighted by Crippen LogP contribution is -2.29. The van der Waals surface area contributed by atoms with Crippen LogP contribution in [0.3, 0.4) is 0 Å². The molecular formula is C12H16ClN3O2. The molecule has 1 aromatic rings. The van der Waals surface area contributed by atoms with Gasteiger partial charge in [0.25, 0.3) is 0 Å². The zero-order valence-corrected chi connectivity index (χ0v) is 11.1. The SMILES string of the molecule is CN1CCCN(c2cccc(Cl)c2[N+](=O)[O-])CC1. The van der Waals surface area contributed by atoms with Gasteiger partial charge in [-0.2, -0.15) is 0 Å². The average Bonchev–Trinajstić information content (AvgIpc) is 2.53. The van der Waals surface area contributed by atoms with Crippen molar-refractivity contribution in [3.05, 3.63) is 33.3 Å². The summed E-state index contributed by atoms with van der Waals surface area (Å²) in [6.45, 7) is 3.54. The highest BCUT2D eigenvalue weighted by atomic mass is 35.5. The van der Waals surface area contributed by atoms with Crippen LogP contribution < -0.4 is 4.90 Å². The van der Waals surface area contributed by atoms with E-state index in [9.17, 15) is 10.1 Å². The van der Waals surface area contributed by atoms with E-state index in [0.717, 1.165) is 32.6 Å². The third kappa shape index (κ3) is 2.73. The van der Waals surface area contributed by atoms with Crippen molar-refractivity contribution < 1.29 is 4.92 Å². The van der Waals surface area contributed by atoms with Gasteiger partial charge in [0.15, 0.2) is 0 Å². The molecule has 1 aliphatic rings. The first-order valence-corrected chi connectivity index (χ1v) is 6.34. The largest absolute Gasteiger partial charge is 0.365 e. The Balaban J connectivity index is 2.32. The number of nitro groups is 1. The van der Waals surface area contributed by atoms with Crippen LogP contribution in [0, 0.1) is 10.1 Å². The van der Waals surface area contributed by atoms with Gasteiger partial charge in [-0.1, -0.05) is 17.7 Å². The molecule has 0 aromatic heterocycles. The molecule has 1 aliphatic heterocycles. The normalized spacial score (nSPS) is 17.6. The molecule has 18 heavy (non-hydrogen) atoms. The number of nitro benzene ring substituents is 1. The van der Waals surface area contributed by atoms with Gasteiger partial charge >= 0.3 is 5.69 Å². The molecule has 0 unspecified atom stereocenters. The number of anilines is 1. The second-order valence-corrected chi connectivity index (χ2v) is 4.92. The first-order chi connectivity index (χ1) is 8.59. The molecule has 5 nitrogen and oxygen atoms in total. The van der Waals surface area contributed by atoms with Crippen molar-refractivity contribution in [2.24, 2.45) is 0 Å². The van der Waals surface area contributed by atoms with Gasteiger partial charge in [0, 0.05) is 19.6 Å². The predicted molar refractivity (Wildman–Crippen MR) is 72.4 cm³/mol. The second kappa shape index (κ2) is 5.54. The quantitative estimate of drug-likeness (QED) is 0.611. The van der Waals surface area contributed by atoms with Gasteiger partial charge in [-0.25, -0.2) is 0 Å². The van der Waals surface area contributed by atoms with Crippen molar-refractivity contribution in [1.29, 1.82) is 0 Å². The van der Waals surface area contributed by atoms with Crippen molar-refractivity contribution in [2.75, 3.05) is 38.1 Å². The molecule has 0 bridgehead atoms. The summed E-state index contributed by atoms with van der Waals surface area (Å²) in [6.07, 6.45) is 1.00. The van der Waals surface area contributed by atoms with Gasteiger partial charge in [0.1, 0.15) is 10.7 Å². The van der Waals surface area contributed by atoms with Crippen LogP contribution >= 0.6 is 11.6 Å². The van der Waals surface area contributed by atoms with Gasteiger partial charge in [-0.15, -0.1) is 0 Å². The summed E-state index contributed by atoms with van der Waals surface area (Å²) in [5.41, 5.74) is 0.645. The molecule has 0 radical (unpaired) electrons. The Bertz CT molecular complexity index is 453. The molecule has 2 rings (SSSR count). The highest BCUT2D eigenvalue weighted by molar-refractivity contribution is 6.33. The molecule has 1 aromatic carbocycles. The number of benzene rings is 1. The zero-order valence-electron chi connectivity index (χ0n) is 10.3. The van der Waals surface area contributed by atoms with E-state index in [-0.39, 0.29) is 10.7 Å². The first kappa shape index (κ1) is 13.1. The Hall–Kier alpha value is -1.33. The first-order valence-electron chi connectivity index (χ1n) is 5.96. The third-order valence-electron chi connectivity index (χ3n) is 3.21. The molecule has 1 fully saturated rings. The summed E-state index contributed by atoms with van der Waals surface area (Å²) < 4.78 is 0. The summed E-state index contributed by atoms with van der Waals surface area (Å²) in [5.74, 6) is 0. The molecule has 0 amide bonds. The van der Waals surface area contributed by atoms with E-state index in [1.165, 1.54) is 0 Å². The smallest absolute Gasteiger partial charge is 0.310 e. The fraction of sp³-hybridized carbons (Fsp3) is 0.500. The zero-order chi connectivity index (χ0) is 13.1. The number of rotatable bonds is 2. The molecule has 0 spiro atoms. The van der Waals surface area contributed by atoms with Gasteiger partial charge in [-0.05, 0) is 32.1 Å². The van der Waals surface area contributed by atoms with Crippen LogP contribution in [-0.2, 0) is 0 Å². The van der Waals surface area contributed by atoms with Crippen LogP contribution in [0.4, 0.5) is 11.4 Å². The Labute approximate surface area is 111 Å². The van der Waals surface area contributed by atoms with Gasteiger partial charge < -0.3 is 9.80 Å². The Morgan fingerprint density at radius 3 is 2.78 bits per heavy atom. The topological polar surface area (TPSA) is 49.6 Å². The summed E-state index contributed by atoms with van der Waals surface area (Å²) in [4.78, 5) is 15.0. The lowest BCUT2D eigenvalue weighted by molar-refractivity contribution is -0.384. The minimum absolute atomic E-state index is 0.0173. The van der Waals surface area contributed by atoms with E-state index in [2.05, 4.69) is 11.9 Å². The maximum atomic E-state index is 11.1. The molecule has 98 valence electrons. The summed E-state index contributed by atoms with van der Waals surface area (Å²) in [7, 11) is 2.07. The Morgan fingerprint density at radius 1 is 1.28 bits per heavy atom. The van der Waals surface area contributed by atoms with E-state index in [0.29, 0.717) is 5.69 Å². The molecule has 0 saturated carbocycles. The summed E-state index contributed by atoms with van der Waals surface area (Å²) in [5, 5.41) is 11.3. The fourth-order valence-electron chi connectivity index (χ4n) is 2.23. The predicted octanol–water partition coefficient (Wildman–Crippen LogP) is 2.39. The highest BCUT2D eigenvalue weighted by Gasteiger charge is 2.24. The molecule has 0 atom stereocenters. The molecule has 1 saturated heterocycles. The van der Waals surface area contributed by atoms with Crippen molar-refractivity contribution in [2.45, 2.75) is 6.42 Å². The number of likely N-dealkylation sites (N-methyl/N-ethyl adjacent to an activating group) is 1. The minimum Gasteiger partial charge on any atom is -0.365 e. The highest BCUT2D eigenvalue weighted by Crippen LogP contribution is 2.35. The molecule has 1 heterocycles. The van der Waals surface area contributed by atoms with Gasteiger partial charge in [0.05, 0.1) is 4.92 Å². The third-order valence-corrected chi connectivity index (χ3v) is 3.51. The molecular weight excluding hydrogens is 254 g/mol. The van der Waals surface area contributed by atoms with Crippen LogP contribution in [-0.4, -0.2) is 43.0 Å². The Morgan fingerprint density at radius 2 is 2.06 bits per heavy atom. The van der Waals surface area contributed by atoms with Crippen molar-refractivity contribution in [3.63, 3.8) is 0 Å². The summed E-state index contributed by atoms with van der Waals surface area (Å²) in [6, 6.07) is 5.10. The lowest BCUT2D eigenvalue weighted by atomic mass is 10.2. The summed E-state index contributed by atoms with van der Waals surface area (Å²) >= 11 is 5.93. The van der Waals surface area contributed by atoms with E-state index in [1.54, 1.807) is 18.2 Å². The van der Waals surface area contributed by atoms with Crippen molar-refractivity contribution in [1.82, 2.24) is 4.90 Å². The van der Waals surface area contributed by atoms with Gasteiger partial charge in [0.2, 0.25) is 0 Å². The van der Waals surface area contributed by atoms with Crippen LogP contribution in [0.25, 0.3) is 0 Å². The number of hydrogen-bond acceptors (Lipinski definition) is 4. The number of para-hydroxylation sites is 1. The van der Waals surface area contributed by atoms with E-state index in [4.69, 9.17) is 11.6 Å². The average molecular weight is 270 g/mol. The van der Waals surface area contributed by atoms with Crippen molar-refractivity contribution in [3.8, 4) is 0 Å². The number of nitrogens with zero attached hydrogens (tertiary/aromatic N) is 3. The number of halogens is 1. The molecule has 0 aliphatic carbocycles. The monoisotopic (exact) mass is 269 g/mol. The Kier molecular flexibility index (Phi) is 4.04. The van der Waals surface area contributed by atoms with E-state index < -0.39 is 4.92 Å². The lowest BCUT2D eigenvalue weighted by Gasteiger charge is -2.22. The van der Waals surface area contributed by atoms with E-state index >= 15 is 0 Å². The van der Waals surface area contributed by atoms with Crippen LogP contribution in [0.5, 0.6) is 0 Å². The van der Waals surface area contributed by atoms with Crippen LogP contribution in [0.2, 0.25) is 5.02 Å². The van der Waals surface area contributed by atoms with Crippen molar-refractivity contribution >= 4 is 23.0 Å². The van der Waals surface area contributed by atoms with Gasteiger partial charge in [-0.3, -0.25) is 10.1 Å². The minimum atomic E-state index is -0.397. The maximum Gasteiger partial charge on any atom is 0.310 e. The van der Waals surface area contributed by atoms with E-state index in [1.807, 2.05) is 4.90 Å². The molecule has 6 heteroatoms. The standard InChI is InChI=1S/C12H16ClN3O2/c1-14-6-3-7-15(9-8-14)11-5-2-4-10(13)12(11)16(17)18/h2,4-5H,3,6-9H2,1H3. The van der Waals surface area contributed by atoms with Crippen LogP contribution in [0.15, 0.2) is 18.2 Å². The number of hydrogen-bond donors (Lipinski definition) is 0. The molecule has 0 N–H and O–H groups in total. The maximum absolute atomic E-state index is 11.1. The van der Waals surface area contributed by atoms with Crippen LogP contribution in [0.1, 0.15) is 6.42 Å².